The number of cyclic esters (lactones) is 3. The van der Waals surface area contributed by atoms with Gasteiger partial charge in [-0.25, -0.2) is 60.9 Å². The van der Waals surface area contributed by atoms with Crippen molar-refractivity contribution in [2.75, 3.05) is 48.6 Å². The van der Waals surface area contributed by atoms with E-state index in [1.807, 2.05) is 91.0 Å². The van der Waals surface area contributed by atoms with Gasteiger partial charge in [0.05, 0.1) is 14.2 Å². The Labute approximate surface area is 806 Å². The maximum atomic E-state index is 13.4. The molecule has 3 aliphatic rings. The van der Waals surface area contributed by atoms with Gasteiger partial charge in [-0.1, -0.05) is 214 Å². The molecule has 3 heterocycles. The van der Waals surface area contributed by atoms with E-state index in [1.165, 1.54) is 93.9 Å². The van der Waals surface area contributed by atoms with Crippen LogP contribution >= 0.6 is 0 Å². The number of rotatable bonds is 18. The third kappa shape index (κ3) is 40.4. The number of carbonyl (C=O) groups excluding carboxylic acids is 9. The van der Waals surface area contributed by atoms with Crippen molar-refractivity contribution in [3.05, 3.63) is 411 Å². The van der Waals surface area contributed by atoms with Crippen molar-refractivity contribution in [1.82, 2.24) is 16.0 Å². The summed E-state index contributed by atoms with van der Waals surface area (Å²) in [5.74, 6) is -6.33. The molecular weight excluding hydrogens is 1760 g/mol. The van der Waals surface area contributed by atoms with E-state index in [0.717, 1.165) is 38.0 Å². The number of benzene rings is 11. The molecular formula is C104H112F5N6NaO19. The summed E-state index contributed by atoms with van der Waals surface area (Å²) in [5, 5.41) is 38.0. The zero-order valence-corrected chi connectivity index (χ0v) is 74.5. The maximum absolute atomic E-state index is 13.4. The smallest absolute Gasteiger partial charge is 0.857 e. The molecule has 0 aromatic heterocycles. The SMILES string of the molecule is C.C.C.C.C.C/C(=C1/N=C(c2ccccc2)OC1=O)c1cccc(F)c1.C/C(=C1\N=C(c2ccccc2)OC1=O)c1cccc(F)c1.CC(=O)c1cccc(F)c1.CO.CO.COC(=O)/C(NC(=O)c1ccccc1)=C(\C)c1cccc(F)c1.COC(=O)[C@H](NC(=O)c1ccccc1)[C@@H](C)c1cccc(F)c1.C[O-].O=C(O)CNC(=O)c1ccccc1.O=C1CN=C(c2ccccc2)O1.[Na+]. The summed E-state index contributed by atoms with van der Waals surface area (Å²) in [6.45, 7) is 8.01. The molecule has 3 aliphatic heterocycles. The van der Waals surface area contributed by atoms with E-state index in [4.69, 9.17) is 44.1 Å². The Kier molecular flexibility index (Phi) is 59.4. The van der Waals surface area contributed by atoms with Gasteiger partial charge in [0, 0.05) is 59.1 Å². The number of nitrogens with zero attached hydrogens (tertiary/aromatic N) is 3. The van der Waals surface area contributed by atoms with Gasteiger partial charge in [-0.15, -0.1) is 0 Å². The van der Waals surface area contributed by atoms with Gasteiger partial charge in [0.2, 0.25) is 17.7 Å². The number of carboxylic acids is 1. The number of esters is 5. The first kappa shape index (κ1) is 122. The van der Waals surface area contributed by atoms with Crippen LogP contribution in [-0.2, 0) is 52.5 Å². The number of aliphatic imine (C=N–C) groups is 3. The van der Waals surface area contributed by atoms with Crippen LogP contribution in [-0.4, -0.2) is 147 Å². The number of carboxylic acid groups (broad SMARTS) is 1. The van der Waals surface area contributed by atoms with Crippen molar-refractivity contribution in [2.45, 2.75) is 83.7 Å². The molecule has 0 saturated carbocycles. The molecule has 0 bridgehead atoms. The number of hydrogen-bond donors (Lipinski definition) is 6. The number of hydrogen-bond acceptors (Lipinski definition) is 21. The van der Waals surface area contributed by atoms with Gasteiger partial charge in [0.1, 0.15) is 53.9 Å². The number of carbonyl (C=O) groups is 10. The fourth-order valence-corrected chi connectivity index (χ4v) is 11.2. The van der Waals surface area contributed by atoms with Crippen LogP contribution in [0.25, 0.3) is 16.7 Å². The summed E-state index contributed by atoms with van der Waals surface area (Å²) in [4.78, 5) is 128. The average molecular weight is 1870 g/mol. The zero-order chi connectivity index (χ0) is 94.9. The van der Waals surface area contributed by atoms with Gasteiger partial charge in [-0.3, -0.25) is 24.0 Å². The van der Waals surface area contributed by atoms with Gasteiger partial charge in [-0.05, 0) is 200 Å². The number of aliphatic hydroxyl groups is 2. The zero-order valence-electron chi connectivity index (χ0n) is 72.5. The number of methoxy groups -OCH3 is 2. The number of amides is 3. The summed E-state index contributed by atoms with van der Waals surface area (Å²) in [5.41, 5.74) is 8.33. The fourth-order valence-electron chi connectivity index (χ4n) is 11.2. The Morgan fingerprint density at radius 3 is 1.08 bits per heavy atom. The Bertz CT molecular complexity index is 5680. The van der Waals surface area contributed by atoms with Gasteiger partial charge < -0.3 is 60.1 Å². The van der Waals surface area contributed by atoms with Crippen molar-refractivity contribution in [3.8, 4) is 0 Å². The number of halogens is 5. The molecule has 11 aromatic rings. The Morgan fingerprint density at radius 1 is 0.415 bits per heavy atom. The second-order valence-electron chi connectivity index (χ2n) is 26.3. The van der Waals surface area contributed by atoms with E-state index in [0.29, 0.717) is 67.1 Å². The van der Waals surface area contributed by atoms with Crippen molar-refractivity contribution < 1.29 is 144 Å². The van der Waals surface area contributed by atoms with E-state index >= 15 is 0 Å². The van der Waals surface area contributed by atoms with E-state index in [-0.39, 0.29) is 150 Å². The summed E-state index contributed by atoms with van der Waals surface area (Å²) in [6, 6.07) is 81.8. The largest absolute Gasteiger partial charge is 1.00 e. The van der Waals surface area contributed by atoms with Crippen molar-refractivity contribution in [1.29, 1.82) is 0 Å². The van der Waals surface area contributed by atoms with Crippen LogP contribution < -0.4 is 50.6 Å². The third-order valence-corrected chi connectivity index (χ3v) is 17.7. The first-order valence-corrected chi connectivity index (χ1v) is 38.8. The molecule has 0 fully saturated rings. The molecule has 11 aromatic carbocycles. The van der Waals surface area contributed by atoms with Crippen molar-refractivity contribution in [2.24, 2.45) is 15.0 Å². The number of aliphatic hydroxyl groups excluding tert-OH is 2. The third-order valence-electron chi connectivity index (χ3n) is 17.7. The standard InChI is InChI=1S/C18H18FNO3.C18H16FNO3.2C17H12FNO2.C9H9NO3.C9H7NO2.C8H7FO.2CH4O.CH3O.5CH4.Na/c2*1-12(14-9-6-10-15(19)11-14)16(18(22)23-2)20-17(21)13-7-4-3-5-8-13;2*1-11(13-8-5-9-14(18)10-13)15-17(20)21-16(19-15)12-6-3-2-4-7-12;11-8(12)6-10-9(13)7-4-2-1-3-5-7;11-8-6-10-9(12-8)7-4-2-1-3-5-7;1-6(10)7-3-2-4-8(9)5-7;3*1-2;;;;;;/h3-12,16H,1-2H3,(H,20,21);3-11H,1-2H3,(H,20,21);2*2-10H,1H3;1-5H,6H2,(H,10,13)(H,11,12);1-5H,6H2;2-5H,1H3;2*2H,1H3;1H3;5*1H4;/q;;;;;;;;;-1;;;;;;+1/b;16-12-;15-11+;15-11-;;;;;;;;;;;;/t12-,16+;;;;;;;;;;;;;;;/m0.............../s1. The topological polar surface area (TPSA) is 374 Å². The second-order valence-corrected chi connectivity index (χ2v) is 26.3. The first-order chi connectivity index (χ1) is 62.1. The average Bonchev–Trinajstić information content (AvgIpc) is 1.69. The molecule has 0 aliphatic carbocycles. The normalized spacial score (nSPS) is 12.4. The van der Waals surface area contributed by atoms with E-state index in [2.05, 4.69) is 30.9 Å². The summed E-state index contributed by atoms with van der Waals surface area (Å²) in [6.07, 6.45) is 0. The van der Waals surface area contributed by atoms with Gasteiger partial charge in [0.25, 0.3) is 17.7 Å². The minimum atomic E-state index is -1.05. The molecule has 2 atom stereocenters. The minimum Gasteiger partial charge on any atom is -0.857 e. The van der Waals surface area contributed by atoms with E-state index in [1.54, 1.807) is 167 Å². The molecule has 14 rings (SSSR count). The predicted molar refractivity (Wildman–Crippen MR) is 508 cm³/mol. The molecule has 31 heteroatoms. The van der Waals surface area contributed by atoms with Crippen LogP contribution in [0.4, 0.5) is 22.0 Å². The number of ketones is 1. The summed E-state index contributed by atoms with van der Waals surface area (Å²) < 4.78 is 90.4. The van der Waals surface area contributed by atoms with E-state index in [9.17, 15) is 69.9 Å². The second kappa shape index (κ2) is 65.6. The molecule has 0 spiro atoms. The number of allylic oxidation sites excluding steroid dienone is 3. The number of aliphatic carboxylic acids is 1. The van der Waals surface area contributed by atoms with Crippen LogP contribution in [0.15, 0.2) is 335 Å². The van der Waals surface area contributed by atoms with E-state index < -0.39 is 59.3 Å². The summed E-state index contributed by atoms with van der Waals surface area (Å²) in [7, 11) is 5.22. The molecule has 0 unspecified atom stereocenters. The van der Waals surface area contributed by atoms with Crippen LogP contribution in [0.5, 0.6) is 0 Å². The van der Waals surface area contributed by atoms with Gasteiger partial charge in [0.15, 0.2) is 17.2 Å². The van der Waals surface area contributed by atoms with Crippen LogP contribution in [0.3, 0.4) is 0 Å². The number of ether oxygens (including phenoxy) is 5. The van der Waals surface area contributed by atoms with Crippen molar-refractivity contribution in [3.63, 3.8) is 0 Å². The fraction of sp³-hybridized carbons (Fsp3) is 0.183. The first-order valence-electron chi connectivity index (χ1n) is 38.8. The molecule has 135 heavy (non-hydrogen) atoms. The molecule has 708 valence electrons. The molecule has 25 nitrogen and oxygen atoms in total. The van der Waals surface area contributed by atoms with Crippen LogP contribution in [0.1, 0.15) is 158 Å². The van der Waals surface area contributed by atoms with Crippen LogP contribution in [0.2, 0.25) is 0 Å². The summed E-state index contributed by atoms with van der Waals surface area (Å²) >= 11 is 0. The Balaban J connectivity index is 0. The van der Waals surface area contributed by atoms with Gasteiger partial charge in [-0.2, -0.15) is 7.11 Å². The van der Waals surface area contributed by atoms with Crippen molar-refractivity contribution >= 4 is 93.7 Å². The quantitative estimate of drug-likeness (QED) is 0.0116. The number of nitrogens with one attached hydrogen (secondary N) is 3. The Morgan fingerprint density at radius 2 is 0.741 bits per heavy atom. The van der Waals surface area contributed by atoms with Gasteiger partial charge >= 0.3 is 65.4 Å². The number of Topliss-reactive ketones (excluding diaryl/α,β-unsaturated/α-hetero) is 1. The molecule has 0 saturated heterocycles. The maximum Gasteiger partial charge on any atom is 1.00 e. The predicted octanol–water partition coefficient (Wildman–Crippen LogP) is 15.1. The molecule has 3 amide bonds. The molecule has 6 N–H and O–H groups in total. The monoisotopic (exact) mass is 1870 g/mol. The van der Waals surface area contributed by atoms with Crippen LogP contribution in [0, 0.1) is 29.1 Å². The molecule has 0 radical (unpaired) electrons. The Hall–Kier alpha value is -14.9. The minimum absolute atomic E-state index is 0.